The van der Waals surface area contributed by atoms with Crippen LogP contribution in [0.4, 0.5) is 4.79 Å². The Labute approximate surface area is 174 Å². The third-order valence-electron chi connectivity index (χ3n) is 4.52. The number of carbonyl (C=O) groups is 2. The quantitative estimate of drug-likeness (QED) is 0.629. The topological polar surface area (TPSA) is 93.4 Å². The first-order valence-electron chi connectivity index (χ1n) is 9.10. The van der Waals surface area contributed by atoms with Gasteiger partial charge in [-0.2, -0.15) is 0 Å². The Morgan fingerprint density at radius 2 is 2.07 bits per heavy atom. The van der Waals surface area contributed by atoms with E-state index in [-0.39, 0.29) is 16.0 Å². The number of thiazole rings is 1. The molecule has 4 heterocycles. The van der Waals surface area contributed by atoms with Crippen molar-refractivity contribution >= 4 is 46.0 Å². The Hall–Kier alpha value is -2.78. The minimum Gasteiger partial charge on any atom is -0.282 e. The van der Waals surface area contributed by atoms with E-state index in [1.54, 1.807) is 17.5 Å². The number of thioether (sulfide) groups is 1. The van der Waals surface area contributed by atoms with Crippen LogP contribution in [0.25, 0.3) is 11.7 Å². The summed E-state index contributed by atoms with van der Waals surface area (Å²) in [5.74, 6) is -0.0737. The average molecular weight is 427 g/mol. The molecule has 1 aliphatic heterocycles. The molecule has 0 bridgehead atoms. The van der Waals surface area contributed by atoms with Crippen LogP contribution in [-0.2, 0) is 17.6 Å². The van der Waals surface area contributed by atoms with E-state index in [2.05, 4.69) is 34.5 Å². The molecule has 0 unspecified atom stereocenters. The van der Waals surface area contributed by atoms with Crippen LogP contribution >= 0.6 is 23.1 Å². The van der Waals surface area contributed by atoms with E-state index in [1.807, 2.05) is 12.1 Å². The van der Waals surface area contributed by atoms with Gasteiger partial charge in [0.05, 0.1) is 21.2 Å². The molecule has 0 saturated carbocycles. The Morgan fingerprint density at radius 3 is 2.76 bits per heavy atom. The number of carbonyl (C=O) groups excluding carboxylic acids is 2. The van der Waals surface area contributed by atoms with E-state index in [9.17, 15) is 14.4 Å². The minimum absolute atomic E-state index is 0.190. The van der Waals surface area contributed by atoms with Gasteiger partial charge in [0.2, 0.25) is 0 Å². The molecule has 29 heavy (non-hydrogen) atoms. The van der Waals surface area contributed by atoms with Crippen LogP contribution in [0.5, 0.6) is 0 Å². The molecule has 148 valence electrons. The second kappa shape index (κ2) is 7.92. The van der Waals surface area contributed by atoms with Gasteiger partial charge in [0.1, 0.15) is 5.65 Å². The van der Waals surface area contributed by atoms with Gasteiger partial charge in [-0.3, -0.25) is 24.1 Å². The van der Waals surface area contributed by atoms with Gasteiger partial charge < -0.3 is 0 Å². The molecule has 1 N–H and O–H groups in total. The van der Waals surface area contributed by atoms with E-state index < -0.39 is 11.1 Å². The first-order valence-corrected chi connectivity index (χ1v) is 10.8. The summed E-state index contributed by atoms with van der Waals surface area (Å²) in [6.07, 6.45) is 6.16. The maximum Gasteiger partial charge on any atom is 0.290 e. The Balaban J connectivity index is 1.55. The zero-order valence-corrected chi connectivity index (χ0v) is 17.5. The molecule has 7 nitrogen and oxygen atoms in total. The van der Waals surface area contributed by atoms with Crippen molar-refractivity contribution < 1.29 is 9.59 Å². The highest BCUT2D eigenvalue weighted by atomic mass is 32.2. The summed E-state index contributed by atoms with van der Waals surface area (Å²) >= 11 is 2.45. The number of hydrogen-bond acceptors (Lipinski definition) is 7. The molecular weight excluding hydrogens is 408 g/mol. The second-order valence-electron chi connectivity index (χ2n) is 6.95. The molecule has 0 atom stereocenters. The number of nitrogens with zero attached hydrogens (tertiary/aromatic N) is 3. The molecule has 0 aliphatic carbocycles. The fourth-order valence-corrected chi connectivity index (χ4v) is 4.54. The number of fused-ring (bicyclic) bond motifs is 1. The molecule has 3 aromatic heterocycles. The zero-order chi connectivity index (χ0) is 20.5. The number of amides is 2. The van der Waals surface area contributed by atoms with Crippen LogP contribution in [0.2, 0.25) is 0 Å². The molecule has 2 amide bonds. The fraction of sp³-hybridized carbons (Fsp3) is 0.250. The van der Waals surface area contributed by atoms with Crippen LogP contribution < -0.4 is 10.9 Å². The SMILES string of the molecule is CC(C)c1csc(CCc2ccn3c(=O)c(C=C4SC(=O)NC4=O)cnc3c2)n1. The summed E-state index contributed by atoms with van der Waals surface area (Å²) in [5.41, 5.74) is 2.70. The summed E-state index contributed by atoms with van der Waals surface area (Å²) in [4.78, 5) is 44.9. The van der Waals surface area contributed by atoms with Gasteiger partial charge in [-0.25, -0.2) is 9.97 Å². The lowest BCUT2D eigenvalue weighted by Crippen LogP contribution is -2.19. The minimum atomic E-state index is -0.498. The molecule has 0 aromatic carbocycles. The monoisotopic (exact) mass is 426 g/mol. The van der Waals surface area contributed by atoms with Gasteiger partial charge in [0.15, 0.2) is 0 Å². The van der Waals surface area contributed by atoms with Gasteiger partial charge in [0.25, 0.3) is 16.7 Å². The third-order valence-corrected chi connectivity index (χ3v) is 6.26. The maximum absolute atomic E-state index is 12.7. The van der Waals surface area contributed by atoms with E-state index in [1.165, 1.54) is 16.7 Å². The molecule has 4 rings (SSSR count). The smallest absolute Gasteiger partial charge is 0.282 e. The van der Waals surface area contributed by atoms with Gasteiger partial charge >= 0.3 is 0 Å². The van der Waals surface area contributed by atoms with Crippen LogP contribution in [0.15, 0.2) is 39.6 Å². The van der Waals surface area contributed by atoms with Crippen molar-refractivity contribution in [3.63, 3.8) is 0 Å². The molecular formula is C20H18N4O3S2. The van der Waals surface area contributed by atoms with Crippen molar-refractivity contribution in [2.24, 2.45) is 0 Å². The Bertz CT molecular complexity index is 1210. The molecule has 9 heteroatoms. The predicted molar refractivity (Wildman–Crippen MR) is 114 cm³/mol. The first kappa shape index (κ1) is 19.5. The maximum atomic E-state index is 12.7. The van der Waals surface area contributed by atoms with Crippen molar-refractivity contribution in [2.45, 2.75) is 32.6 Å². The summed E-state index contributed by atoms with van der Waals surface area (Å²) in [6, 6.07) is 3.78. The highest BCUT2D eigenvalue weighted by Crippen LogP contribution is 2.24. The lowest BCUT2D eigenvalue weighted by Gasteiger charge is -2.05. The standard InChI is InChI=1S/C20H18N4O3S2/c1-11(2)14-10-28-17(22-14)4-3-12-5-6-24-16(7-12)21-9-13(19(24)26)8-15-18(25)23-20(27)29-15/h5-11H,3-4H2,1-2H3,(H,23,25,27). The molecule has 0 radical (unpaired) electrons. The van der Waals surface area contributed by atoms with E-state index >= 15 is 0 Å². The van der Waals surface area contributed by atoms with Crippen LogP contribution in [-0.4, -0.2) is 25.5 Å². The summed E-state index contributed by atoms with van der Waals surface area (Å²) in [7, 11) is 0. The lowest BCUT2D eigenvalue weighted by molar-refractivity contribution is -0.115. The Kier molecular flexibility index (Phi) is 5.33. The highest BCUT2D eigenvalue weighted by Gasteiger charge is 2.25. The van der Waals surface area contributed by atoms with Crippen molar-refractivity contribution in [2.75, 3.05) is 0 Å². The first-order chi connectivity index (χ1) is 13.9. The van der Waals surface area contributed by atoms with Crippen LogP contribution in [0.3, 0.4) is 0 Å². The number of aryl methyl sites for hydroxylation is 2. The number of hydrogen-bond donors (Lipinski definition) is 1. The number of aromatic nitrogens is 3. The summed E-state index contributed by atoms with van der Waals surface area (Å²) in [6.45, 7) is 4.26. The largest absolute Gasteiger partial charge is 0.290 e. The molecule has 3 aromatic rings. The van der Waals surface area contributed by atoms with E-state index in [0.717, 1.165) is 40.9 Å². The van der Waals surface area contributed by atoms with Crippen LogP contribution in [0.1, 0.15) is 41.6 Å². The van der Waals surface area contributed by atoms with Crippen molar-refractivity contribution in [3.8, 4) is 0 Å². The lowest BCUT2D eigenvalue weighted by atomic mass is 10.1. The number of nitrogens with one attached hydrogen (secondary N) is 1. The molecule has 1 saturated heterocycles. The normalized spacial score (nSPS) is 15.6. The number of rotatable bonds is 5. The van der Waals surface area contributed by atoms with Crippen molar-refractivity contribution in [1.82, 2.24) is 19.7 Å². The molecule has 1 aliphatic rings. The van der Waals surface area contributed by atoms with Crippen molar-refractivity contribution in [1.29, 1.82) is 0 Å². The number of pyridine rings is 1. The third kappa shape index (κ3) is 4.15. The predicted octanol–water partition coefficient (Wildman–Crippen LogP) is 3.38. The van der Waals surface area contributed by atoms with Gasteiger partial charge in [-0.05, 0) is 47.9 Å². The zero-order valence-electron chi connectivity index (χ0n) is 15.8. The van der Waals surface area contributed by atoms with Gasteiger partial charge in [-0.15, -0.1) is 11.3 Å². The number of imide groups is 1. The van der Waals surface area contributed by atoms with E-state index in [4.69, 9.17) is 0 Å². The van der Waals surface area contributed by atoms with Crippen molar-refractivity contribution in [3.05, 3.63) is 67.0 Å². The summed E-state index contributed by atoms with van der Waals surface area (Å²) in [5, 5.41) is 4.93. The second-order valence-corrected chi connectivity index (χ2v) is 8.91. The highest BCUT2D eigenvalue weighted by molar-refractivity contribution is 8.18. The average Bonchev–Trinajstić information content (AvgIpc) is 3.28. The van der Waals surface area contributed by atoms with Gasteiger partial charge in [-0.1, -0.05) is 13.8 Å². The summed E-state index contributed by atoms with van der Waals surface area (Å²) < 4.78 is 1.44. The fourth-order valence-electron chi connectivity index (χ4n) is 2.90. The molecule has 0 spiro atoms. The van der Waals surface area contributed by atoms with E-state index in [0.29, 0.717) is 11.6 Å². The van der Waals surface area contributed by atoms with Gasteiger partial charge in [0, 0.05) is 24.2 Å². The Morgan fingerprint density at radius 1 is 1.24 bits per heavy atom. The van der Waals surface area contributed by atoms with Crippen LogP contribution in [0, 0.1) is 0 Å². The molecule has 1 fully saturated rings.